The van der Waals surface area contributed by atoms with Crippen molar-refractivity contribution in [2.75, 3.05) is 6.54 Å². The molecule has 0 aromatic rings. The van der Waals surface area contributed by atoms with E-state index in [1.54, 1.807) is 32.1 Å². The largest absolute Gasteiger partial charge is 0.314 e. The van der Waals surface area contributed by atoms with Gasteiger partial charge in [-0.3, -0.25) is 0 Å². The standard InChI is InChI=1S/C15H27N/c1-3-14(16-4-2)15-12-6-10-5-11(8-12)9-13(15)7-10/h10-16H,3-9H2,1-2H3. The molecule has 0 amide bonds. The molecule has 1 nitrogen and oxygen atoms in total. The lowest BCUT2D eigenvalue weighted by Crippen LogP contribution is -2.52. The number of rotatable bonds is 4. The summed E-state index contributed by atoms with van der Waals surface area (Å²) in [6.45, 7) is 5.79. The zero-order valence-electron chi connectivity index (χ0n) is 10.9. The van der Waals surface area contributed by atoms with Crippen LogP contribution < -0.4 is 5.32 Å². The normalized spacial score (nSPS) is 47.2. The number of hydrogen-bond acceptors (Lipinski definition) is 1. The summed E-state index contributed by atoms with van der Waals surface area (Å²) in [5, 5.41) is 3.76. The molecular formula is C15H27N. The first-order valence-corrected chi connectivity index (χ1v) is 7.55. The second-order valence-corrected chi connectivity index (χ2v) is 6.58. The molecule has 4 aliphatic rings. The van der Waals surface area contributed by atoms with Gasteiger partial charge in [-0.1, -0.05) is 13.8 Å². The molecule has 4 rings (SSSR count). The van der Waals surface area contributed by atoms with E-state index in [1.165, 1.54) is 6.42 Å². The first kappa shape index (κ1) is 11.1. The Hall–Kier alpha value is -0.0400. The fourth-order valence-corrected chi connectivity index (χ4v) is 5.44. The number of nitrogens with one attached hydrogen (secondary N) is 1. The van der Waals surface area contributed by atoms with Crippen LogP contribution in [0.2, 0.25) is 0 Å². The van der Waals surface area contributed by atoms with E-state index in [4.69, 9.17) is 0 Å². The number of hydrogen-bond donors (Lipinski definition) is 1. The second kappa shape index (κ2) is 4.33. The summed E-state index contributed by atoms with van der Waals surface area (Å²) in [4.78, 5) is 0. The summed E-state index contributed by atoms with van der Waals surface area (Å²) in [7, 11) is 0. The highest BCUT2D eigenvalue weighted by atomic mass is 14.9. The Balaban J connectivity index is 1.75. The highest BCUT2D eigenvalue weighted by Gasteiger charge is 2.49. The minimum atomic E-state index is 0.819. The van der Waals surface area contributed by atoms with E-state index in [9.17, 15) is 0 Å². The van der Waals surface area contributed by atoms with Crippen LogP contribution in [0.1, 0.15) is 52.4 Å². The van der Waals surface area contributed by atoms with Gasteiger partial charge in [0, 0.05) is 6.04 Å². The predicted octanol–water partition coefficient (Wildman–Crippen LogP) is 3.45. The quantitative estimate of drug-likeness (QED) is 0.767. The van der Waals surface area contributed by atoms with Gasteiger partial charge in [0.15, 0.2) is 0 Å². The second-order valence-electron chi connectivity index (χ2n) is 6.58. The van der Waals surface area contributed by atoms with Gasteiger partial charge in [-0.05, 0) is 74.7 Å². The summed E-state index contributed by atoms with van der Waals surface area (Å²) >= 11 is 0. The zero-order chi connectivity index (χ0) is 11.1. The Bertz CT molecular complexity index is 217. The lowest BCUT2D eigenvalue weighted by atomic mass is 9.50. The molecular weight excluding hydrogens is 194 g/mol. The summed E-state index contributed by atoms with van der Waals surface area (Å²) in [6.07, 6.45) is 9.19. The molecule has 4 fully saturated rings. The molecule has 1 heteroatoms. The van der Waals surface area contributed by atoms with Crippen molar-refractivity contribution >= 4 is 0 Å². The third kappa shape index (κ3) is 1.72. The zero-order valence-corrected chi connectivity index (χ0v) is 10.9. The Morgan fingerprint density at radius 1 is 0.938 bits per heavy atom. The van der Waals surface area contributed by atoms with E-state index < -0.39 is 0 Å². The highest BCUT2D eigenvalue weighted by Crippen LogP contribution is 2.57. The molecule has 1 atom stereocenters. The monoisotopic (exact) mass is 221 g/mol. The van der Waals surface area contributed by atoms with Gasteiger partial charge in [0.05, 0.1) is 0 Å². The summed E-state index contributed by atoms with van der Waals surface area (Å²) in [6, 6.07) is 0.819. The van der Waals surface area contributed by atoms with E-state index in [0.717, 1.165) is 42.2 Å². The minimum absolute atomic E-state index is 0.819. The van der Waals surface area contributed by atoms with Crippen LogP contribution in [0.5, 0.6) is 0 Å². The maximum atomic E-state index is 3.76. The van der Waals surface area contributed by atoms with Gasteiger partial charge in [0.25, 0.3) is 0 Å². The van der Waals surface area contributed by atoms with E-state index in [0.29, 0.717) is 0 Å². The fourth-order valence-electron chi connectivity index (χ4n) is 5.44. The topological polar surface area (TPSA) is 12.0 Å². The molecule has 0 heterocycles. The molecule has 0 aliphatic heterocycles. The summed E-state index contributed by atoms with van der Waals surface area (Å²) < 4.78 is 0. The minimum Gasteiger partial charge on any atom is -0.314 e. The van der Waals surface area contributed by atoms with Crippen LogP contribution in [0.4, 0.5) is 0 Å². The first-order valence-electron chi connectivity index (χ1n) is 7.55. The predicted molar refractivity (Wildman–Crippen MR) is 68.3 cm³/mol. The molecule has 4 bridgehead atoms. The van der Waals surface area contributed by atoms with Crippen molar-refractivity contribution < 1.29 is 0 Å². The lowest BCUT2D eigenvalue weighted by Gasteiger charge is -2.56. The molecule has 92 valence electrons. The molecule has 0 aromatic carbocycles. The van der Waals surface area contributed by atoms with Crippen molar-refractivity contribution in [2.24, 2.45) is 29.6 Å². The van der Waals surface area contributed by atoms with Gasteiger partial charge in [0.1, 0.15) is 0 Å². The van der Waals surface area contributed by atoms with E-state index in [-0.39, 0.29) is 0 Å². The van der Waals surface area contributed by atoms with Crippen molar-refractivity contribution in [1.82, 2.24) is 5.32 Å². The molecule has 16 heavy (non-hydrogen) atoms. The Labute approximate surface area is 100 Å². The van der Waals surface area contributed by atoms with Crippen molar-refractivity contribution in [3.05, 3.63) is 0 Å². The van der Waals surface area contributed by atoms with Crippen LogP contribution in [-0.4, -0.2) is 12.6 Å². The Morgan fingerprint density at radius 3 is 1.94 bits per heavy atom. The molecule has 4 saturated carbocycles. The highest BCUT2D eigenvalue weighted by molar-refractivity contribution is 5.01. The smallest absolute Gasteiger partial charge is 0.00978 e. The molecule has 1 unspecified atom stereocenters. The summed E-state index contributed by atoms with van der Waals surface area (Å²) in [5.41, 5.74) is 0. The van der Waals surface area contributed by atoms with Gasteiger partial charge in [-0.2, -0.15) is 0 Å². The van der Waals surface area contributed by atoms with Crippen molar-refractivity contribution in [2.45, 2.75) is 58.4 Å². The molecule has 0 saturated heterocycles. The average molecular weight is 221 g/mol. The van der Waals surface area contributed by atoms with E-state index in [1.807, 2.05) is 0 Å². The van der Waals surface area contributed by atoms with Gasteiger partial charge in [-0.15, -0.1) is 0 Å². The molecule has 0 spiro atoms. The lowest BCUT2D eigenvalue weighted by molar-refractivity contribution is -0.0520. The van der Waals surface area contributed by atoms with Crippen LogP contribution in [0.25, 0.3) is 0 Å². The van der Waals surface area contributed by atoms with Crippen molar-refractivity contribution in [3.8, 4) is 0 Å². The van der Waals surface area contributed by atoms with Gasteiger partial charge >= 0.3 is 0 Å². The Morgan fingerprint density at radius 2 is 1.50 bits per heavy atom. The SMILES string of the molecule is CCNC(CC)C1C2CC3CC(C2)CC1C3. The Kier molecular flexibility index (Phi) is 2.99. The van der Waals surface area contributed by atoms with Crippen LogP contribution in [0.3, 0.4) is 0 Å². The van der Waals surface area contributed by atoms with Crippen LogP contribution >= 0.6 is 0 Å². The summed E-state index contributed by atoms with van der Waals surface area (Å²) in [5.74, 6) is 5.44. The maximum Gasteiger partial charge on any atom is 0.00978 e. The fraction of sp³-hybridized carbons (Fsp3) is 1.00. The van der Waals surface area contributed by atoms with Crippen molar-refractivity contribution in [1.29, 1.82) is 0 Å². The van der Waals surface area contributed by atoms with Gasteiger partial charge in [0.2, 0.25) is 0 Å². The van der Waals surface area contributed by atoms with Crippen LogP contribution in [0, 0.1) is 29.6 Å². The van der Waals surface area contributed by atoms with E-state index in [2.05, 4.69) is 19.2 Å². The third-order valence-corrected chi connectivity index (χ3v) is 5.67. The third-order valence-electron chi connectivity index (χ3n) is 5.67. The van der Waals surface area contributed by atoms with Gasteiger partial charge < -0.3 is 5.32 Å². The molecule has 1 N–H and O–H groups in total. The maximum absolute atomic E-state index is 3.76. The first-order chi connectivity index (χ1) is 7.81. The average Bonchev–Trinajstić information content (AvgIpc) is 2.26. The molecule has 0 aromatic heterocycles. The van der Waals surface area contributed by atoms with Crippen LogP contribution in [0.15, 0.2) is 0 Å². The van der Waals surface area contributed by atoms with Gasteiger partial charge in [-0.25, -0.2) is 0 Å². The van der Waals surface area contributed by atoms with Crippen LogP contribution in [-0.2, 0) is 0 Å². The molecule has 4 aliphatic carbocycles. The van der Waals surface area contributed by atoms with E-state index >= 15 is 0 Å². The molecule has 0 radical (unpaired) electrons. The van der Waals surface area contributed by atoms with Crippen molar-refractivity contribution in [3.63, 3.8) is 0 Å².